The van der Waals surface area contributed by atoms with Gasteiger partial charge in [0.2, 0.25) is 0 Å². The van der Waals surface area contributed by atoms with Crippen molar-refractivity contribution in [3.63, 3.8) is 0 Å². The number of benzene rings is 3. The van der Waals surface area contributed by atoms with Crippen molar-refractivity contribution in [3.8, 4) is 5.75 Å². The predicted molar refractivity (Wildman–Crippen MR) is 114 cm³/mol. The van der Waals surface area contributed by atoms with Crippen LogP contribution in [0.1, 0.15) is 21.5 Å². The SMILES string of the molecule is O=C(N/N=C\c1cc(Cl)c(OCc2ccccc2F)c(Cl)c1)c1ccc(Cl)cc1. The van der Waals surface area contributed by atoms with Crippen LogP contribution in [0.25, 0.3) is 0 Å². The predicted octanol–water partition coefficient (Wildman–Crippen LogP) is 6.13. The average molecular weight is 452 g/mol. The third-order valence-electron chi connectivity index (χ3n) is 3.84. The zero-order valence-corrected chi connectivity index (χ0v) is 17.1. The molecule has 3 aromatic carbocycles. The van der Waals surface area contributed by atoms with Gasteiger partial charge in [0.05, 0.1) is 16.3 Å². The van der Waals surface area contributed by atoms with Crippen molar-refractivity contribution < 1.29 is 13.9 Å². The summed E-state index contributed by atoms with van der Waals surface area (Å²) in [5.74, 6) is -0.529. The molecule has 0 atom stereocenters. The molecule has 1 amide bonds. The number of hydrogen-bond acceptors (Lipinski definition) is 3. The Morgan fingerprint density at radius 3 is 2.34 bits per heavy atom. The molecule has 148 valence electrons. The highest BCUT2D eigenvalue weighted by molar-refractivity contribution is 6.37. The number of carbonyl (C=O) groups excluding carboxylic acids is 1. The Morgan fingerprint density at radius 2 is 1.69 bits per heavy atom. The van der Waals surface area contributed by atoms with Gasteiger partial charge in [-0.1, -0.05) is 53.0 Å². The van der Waals surface area contributed by atoms with Crippen molar-refractivity contribution in [2.45, 2.75) is 6.61 Å². The van der Waals surface area contributed by atoms with Gasteiger partial charge < -0.3 is 4.74 Å². The van der Waals surface area contributed by atoms with Gasteiger partial charge in [-0.05, 0) is 48.0 Å². The zero-order valence-electron chi connectivity index (χ0n) is 14.8. The molecule has 0 aliphatic carbocycles. The van der Waals surface area contributed by atoms with Crippen molar-refractivity contribution in [3.05, 3.63) is 98.2 Å². The molecule has 3 aromatic rings. The van der Waals surface area contributed by atoms with Crippen LogP contribution in [-0.2, 0) is 6.61 Å². The third-order valence-corrected chi connectivity index (χ3v) is 4.65. The quantitative estimate of drug-likeness (QED) is 0.362. The van der Waals surface area contributed by atoms with Crippen molar-refractivity contribution in [2.75, 3.05) is 0 Å². The molecule has 0 saturated carbocycles. The number of halogens is 4. The van der Waals surface area contributed by atoms with E-state index in [4.69, 9.17) is 39.5 Å². The van der Waals surface area contributed by atoms with Crippen LogP contribution in [-0.4, -0.2) is 12.1 Å². The second kappa shape index (κ2) is 9.74. The molecule has 29 heavy (non-hydrogen) atoms. The van der Waals surface area contributed by atoms with Crippen LogP contribution in [0.15, 0.2) is 65.8 Å². The highest BCUT2D eigenvalue weighted by atomic mass is 35.5. The molecule has 0 bridgehead atoms. The first kappa shape index (κ1) is 21.1. The number of nitrogens with zero attached hydrogens (tertiary/aromatic N) is 1. The molecule has 3 rings (SSSR count). The van der Waals surface area contributed by atoms with E-state index >= 15 is 0 Å². The van der Waals surface area contributed by atoms with Gasteiger partial charge >= 0.3 is 0 Å². The lowest BCUT2D eigenvalue weighted by atomic mass is 10.2. The summed E-state index contributed by atoms with van der Waals surface area (Å²) in [7, 11) is 0. The molecule has 0 aromatic heterocycles. The van der Waals surface area contributed by atoms with Gasteiger partial charge in [-0.3, -0.25) is 4.79 Å². The van der Waals surface area contributed by atoms with E-state index in [9.17, 15) is 9.18 Å². The summed E-state index contributed by atoms with van der Waals surface area (Å²) in [4.78, 5) is 12.0. The smallest absolute Gasteiger partial charge is 0.271 e. The second-order valence-corrected chi connectivity index (χ2v) is 7.15. The second-order valence-electron chi connectivity index (χ2n) is 5.90. The van der Waals surface area contributed by atoms with Crippen LogP contribution in [0.3, 0.4) is 0 Å². The van der Waals surface area contributed by atoms with E-state index in [0.29, 0.717) is 21.7 Å². The number of amides is 1. The Labute approximate surface area is 181 Å². The van der Waals surface area contributed by atoms with Crippen molar-refractivity contribution in [2.24, 2.45) is 5.10 Å². The zero-order chi connectivity index (χ0) is 20.8. The Morgan fingerprint density at radius 1 is 1.03 bits per heavy atom. The summed E-state index contributed by atoms with van der Waals surface area (Å²) in [5, 5.41) is 4.90. The van der Waals surface area contributed by atoms with E-state index < -0.39 is 0 Å². The fourth-order valence-electron chi connectivity index (χ4n) is 2.39. The van der Waals surface area contributed by atoms with Gasteiger partial charge in [0.1, 0.15) is 12.4 Å². The van der Waals surface area contributed by atoms with Crippen LogP contribution in [0.2, 0.25) is 15.1 Å². The summed E-state index contributed by atoms with van der Waals surface area (Å²) in [6.07, 6.45) is 1.40. The van der Waals surface area contributed by atoms with E-state index in [1.54, 1.807) is 54.6 Å². The molecular formula is C21H14Cl3FN2O2. The number of rotatable bonds is 6. The maximum absolute atomic E-state index is 13.7. The molecule has 0 fully saturated rings. The van der Waals surface area contributed by atoms with Crippen LogP contribution in [0.4, 0.5) is 4.39 Å². The molecule has 0 aliphatic heterocycles. The Bertz CT molecular complexity index is 1030. The molecule has 0 radical (unpaired) electrons. The monoisotopic (exact) mass is 450 g/mol. The van der Waals surface area contributed by atoms with E-state index in [1.807, 2.05) is 0 Å². The minimum absolute atomic E-state index is 0.0172. The Hall–Kier alpha value is -2.60. The highest BCUT2D eigenvalue weighted by Crippen LogP contribution is 2.34. The van der Waals surface area contributed by atoms with Crippen molar-refractivity contribution in [1.29, 1.82) is 0 Å². The standard InChI is InChI=1S/C21H14Cl3FN2O2/c22-16-7-5-14(6-8-16)21(28)27-26-11-13-9-17(23)20(18(24)10-13)29-12-15-3-1-2-4-19(15)25/h1-11H,12H2,(H,27,28)/b26-11-. The molecule has 1 N–H and O–H groups in total. The maximum atomic E-state index is 13.7. The number of carbonyl (C=O) groups is 1. The normalized spacial score (nSPS) is 10.9. The van der Waals surface area contributed by atoms with Crippen molar-refractivity contribution >= 4 is 46.9 Å². The molecule has 0 unspecified atom stereocenters. The van der Waals surface area contributed by atoms with Crippen LogP contribution in [0.5, 0.6) is 5.75 Å². The molecule has 0 saturated heterocycles. The first-order chi connectivity index (χ1) is 13.9. The van der Waals surface area contributed by atoms with Crippen LogP contribution < -0.4 is 10.2 Å². The minimum Gasteiger partial charge on any atom is -0.486 e. The van der Waals surface area contributed by atoms with Gasteiger partial charge in [0.25, 0.3) is 5.91 Å². The number of ether oxygens (including phenoxy) is 1. The van der Waals surface area contributed by atoms with E-state index in [2.05, 4.69) is 10.5 Å². The summed E-state index contributed by atoms with van der Waals surface area (Å²) in [6, 6.07) is 15.8. The molecular weight excluding hydrogens is 438 g/mol. The Kier molecular flexibility index (Phi) is 7.09. The van der Waals surface area contributed by atoms with Gasteiger partial charge in [0, 0.05) is 16.1 Å². The number of nitrogens with one attached hydrogen (secondary N) is 1. The summed E-state index contributed by atoms with van der Waals surface area (Å²) in [6.45, 7) is -0.0172. The lowest BCUT2D eigenvalue weighted by molar-refractivity contribution is 0.0955. The molecule has 0 aliphatic rings. The van der Waals surface area contributed by atoms with Gasteiger partial charge in [0.15, 0.2) is 5.75 Å². The minimum atomic E-state index is -0.389. The van der Waals surface area contributed by atoms with Gasteiger partial charge in [-0.2, -0.15) is 5.10 Å². The molecule has 0 spiro atoms. The van der Waals surface area contributed by atoms with E-state index in [0.717, 1.165) is 0 Å². The first-order valence-electron chi connectivity index (χ1n) is 8.38. The fourth-order valence-corrected chi connectivity index (χ4v) is 3.13. The largest absolute Gasteiger partial charge is 0.486 e. The lowest BCUT2D eigenvalue weighted by Gasteiger charge is -2.11. The lowest BCUT2D eigenvalue weighted by Crippen LogP contribution is -2.17. The van der Waals surface area contributed by atoms with Gasteiger partial charge in [-0.25, -0.2) is 9.82 Å². The molecule has 8 heteroatoms. The third kappa shape index (κ3) is 5.70. The number of hydrazone groups is 1. The van der Waals surface area contributed by atoms with Gasteiger partial charge in [-0.15, -0.1) is 0 Å². The van der Waals surface area contributed by atoms with Crippen LogP contribution in [0, 0.1) is 5.82 Å². The first-order valence-corrected chi connectivity index (χ1v) is 9.51. The summed E-state index contributed by atoms with van der Waals surface area (Å²) >= 11 is 18.2. The van der Waals surface area contributed by atoms with Crippen molar-refractivity contribution in [1.82, 2.24) is 5.43 Å². The summed E-state index contributed by atoms with van der Waals surface area (Å²) in [5.41, 5.74) is 3.75. The molecule has 0 heterocycles. The maximum Gasteiger partial charge on any atom is 0.271 e. The fraction of sp³-hybridized carbons (Fsp3) is 0.0476. The topological polar surface area (TPSA) is 50.7 Å². The van der Waals surface area contributed by atoms with E-state index in [1.165, 1.54) is 12.3 Å². The number of hydrogen-bond donors (Lipinski definition) is 1. The average Bonchev–Trinajstić information content (AvgIpc) is 2.69. The van der Waals surface area contributed by atoms with E-state index in [-0.39, 0.29) is 34.1 Å². The van der Waals surface area contributed by atoms with Crippen LogP contribution >= 0.6 is 34.8 Å². The summed E-state index contributed by atoms with van der Waals surface area (Å²) < 4.78 is 19.3. The highest BCUT2D eigenvalue weighted by Gasteiger charge is 2.11. The molecule has 4 nitrogen and oxygen atoms in total. The Balaban J connectivity index is 1.65.